The number of nitro groups is 1. The average Bonchev–Trinajstić information content (AvgIpc) is 3.43. The quantitative estimate of drug-likeness (QED) is 0.617. The molecule has 1 fully saturated rings. The number of non-ortho nitro benzene ring substituents is 1. The zero-order valence-electron chi connectivity index (χ0n) is 14.3. The summed E-state index contributed by atoms with van der Waals surface area (Å²) in [5.41, 5.74) is 1.68. The largest absolute Gasteiger partial charge is 0.353 e. The van der Waals surface area contributed by atoms with Gasteiger partial charge in [-0.3, -0.25) is 14.9 Å². The Hall–Kier alpha value is -2.69. The summed E-state index contributed by atoms with van der Waals surface area (Å²) < 4.78 is 0. The van der Waals surface area contributed by atoms with Crippen LogP contribution in [0.25, 0.3) is 0 Å². The molecular formula is C20H22N2O3. The zero-order valence-corrected chi connectivity index (χ0v) is 14.3. The number of carbonyl (C=O) groups excluding carboxylic acids is 1. The predicted octanol–water partition coefficient (Wildman–Crippen LogP) is 3.76. The van der Waals surface area contributed by atoms with Gasteiger partial charge in [0.15, 0.2) is 0 Å². The van der Waals surface area contributed by atoms with Gasteiger partial charge in [-0.25, -0.2) is 0 Å². The van der Waals surface area contributed by atoms with E-state index >= 15 is 0 Å². The number of nitro benzene ring substituents is 1. The highest BCUT2D eigenvalue weighted by molar-refractivity contribution is 5.91. The van der Waals surface area contributed by atoms with Crippen LogP contribution in [0.15, 0.2) is 54.6 Å². The Balaban J connectivity index is 1.59. The Kier molecular flexibility index (Phi) is 4.83. The van der Waals surface area contributed by atoms with Crippen molar-refractivity contribution in [3.63, 3.8) is 0 Å². The Bertz CT molecular complexity index is 752. The summed E-state index contributed by atoms with van der Waals surface area (Å²) in [6.45, 7) is 2.02. The Morgan fingerprint density at radius 2 is 1.80 bits per heavy atom. The van der Waals surface area contributed by atoms with Crippen molar-refractivity contribution >= 4 is 11.6 Å². The SMILES string of the molecule is CC(CCc1ccccc1)NC(=O)C1(c2ccc([N+](=O)[O-])cc2)CC1. The molecule has 5 heteroatoms. The van der Waals surface area contributed by atoms with Gasteiger partial charge in [0.25, 0.3) is 5.69 Å². The van der Waals surface area contributed by atoms with E-state index in [1.807, 2.05) is 25.1 Å². The summed E-state index contributed by atoms with van der Waals surface area (Å²) in [6.07, 6.45) is 3.39. The highest BCUT2D eigenvalue weighted by Crippen LogP contribution is 2.48. The van der Waals surface area contributed by atoms with Gasteiger partial charge in [0.2, 0.25) is 5.91 Å². The molecule has 0 radical (unpaired) electrons. The van der Waals surface area contributed by atoms with Crippen molar-refractivity contribution in [2.75, 3.05) is 0 Å². The number of carbonyl (C=O) groups is 1. The number of aryl methyl sites for hydroxylation is 1. The summed E-state index contributed by atoms with van der Waals surface area (Å²) in [5.74, 6) is 0.0296. The number of nitrogens with one attached hydrogen (secondary N) is 1. The molecule has 1 unspecified atom stereocenters. The fourth-order valence-electron chi connectivity index (χ4n) is 3.14. The molecule has 0 spiro atoms. The molecule has 0 saturated heterocycles. The maximum Gasteiger partial charge on any atom is 0.269 e. The van der Waals surface area contributed by atoms with Crippen molar-refractivity contribution in [3.05, 3.63) is 75.8 Å². The Labute approximate surface area is 147 Å². The van der Waals surface area contributed by atoms with E-state index in [-0.39, 0.29) is 17.6 Å². The topological polar surface area (TPSA) is 72.2 Å². The molecule has 0 aliphatic heterocycles. The third-order valence-electron chi connectivity index (χ3n) is 4.90. The molecule has 1 saturated carbocycles. The van der Waals surface area contributed by atoms with Gasteiger partial charge < -0.3 is 5.32 Å². The molecule has 1 aliphatic carbocycles. The maximum atomic E-state index is 12.7. The van der Waals surface area contributed by atoms with Crippen LogP contribution in [0.2, 0.25) is 0 Å². The minimum atomic E-state index is -0.504. The molecule has 0 bridgehead atoms. The van der Waals surface area contributed by atoms with Gasteiger partial charge in [-0.1, -0.05) is 42.5 Å². The van der Waals surface area contributed by atoms with Crippen LogP contribution < -0.4 is 5.32 Å². The fourth-order valence-corrected chi connectivity index (χ4v) is 3.14. The number of amides is 1. The molecule has 3 rings (SSSR count). The van der Waals surface area contributed by atoms with E-state index in [0.29, 0.717) is 0 Å². The van der Waals surface area contributed by atoms with E-state index in [1.54, 1.807) is 12.1 Å². The first-order valence-corrected chi connectivity index (χ1v) is 8.61. The van der Waals surface area contributed by atoms with Crippen LogP contribution in [0.1, 0.15) is 37.3 Å². The lowest BCUT2D eigenvalue weighted by molar-refractivity contribution is -0.384. The third-order valence-corrected chi connectivity index (χ3v) is 4.90. The van der Waals surface area contributed by atoms with Crippen LogP contribution in [0, 0.1) is 10.1 Å². The second-order valence-corrected chi connectivity index (χ2v) is 6.78. The van der Waals surface area contributed by atoms with Crippen molar-refractivity contribution in [1.82, 2.24) is 5.32 Å². The second-order valence-electron chi connectivity index (χ2n) is 6.78. The molecule has 0 aromatic heterocycles. The summed E-state index contributed by atoms with van der Waals surface area (Å²) in [5, 5.41) is 13.9. The number of nitrogens with zero attached hydrogens (tertiary/aromatic N) is 1. The van der Waals surface area contributed by atoms with Crippen molar-refractivity contribution in [1.29, 1.82) is 0 Å². The maximum absolute atomic E-state index is 12.7. The molecule has 1 atom stereocenters. The van der Waals surface area contributed by atoms with Crippen LogP contribution in [-0.2, 0) is 16.6 Å². The third kappa shape index (κ3) is 3.87. The lowest BCUT2D eigenvalue weighted by atomic mass is 9.94. The van der Waals surface area contributed by atoms with Gasteiger partial charge in [0.05, 0.1) is 10.3 Å². The number of hydrogen-bond acceptors (Lipinski definition) is 3. The van der Waals surface area contributed by atoms with Crippen LogP contribution in [0.5, 0.6) is 0 Å². The van der Waals surface area contributed by atoms with Crippen molar-refractivity contribution < 1.29 is 9.72 Å². The number of rotatable bonds is 7. The first-order valence-electron chi connectivity index (χ1n) is 8.61. The molecule has 1 amide bonds. The molecule has 130 valence electrons. The second kappa shape index (κ2) is 7.05. The summed E-state index contributed by atoms with van der Waals surface area (Å²) in [6, 6.07) is 16.7. The lowest BCUT2D eigenvalue weighted by Crippen LogP contribution is -2.40. The lowest BCUT2D eigenvalue weighted by Gasteiger charge is -2.20. The highest BCUT2D eigenvalue weighted by atomic mass is 16.6. The van der Waals surface area contributed by atoms with Crippen LogP contribution in [0.4, 0.5) is 5.69 Å². The molecule has 2 aromatic rings. The van der Waals surface area contributed by atoms with Gasteiger partial charge in [0, 0.05) is 18.2 Å². The minimum Gasteiger partial charge on any atom is -0.353 e. The average molecular weight is 338 g/mol. The standard InChI is InChI=1S/C20H22N2O3/c1-15(7-8-16-5-3-2-4-6-16)21-19(23)20(13-14-20)17-9-11-18(12-10-17)22(24)25/h2-6,9-12,15H,7-8,13-14H2,1H3,(H,21,23). The van der Waals surface area contributed by atoms with Gasteiger partial charge >= 0.3 is 0 Å². The van der Waals surface area contributed by atoms with Gasteiger partial charge in [-0.2, -0.15) is 0 Å². The molecule has 0 heterocycles. The molecule has 2 aromatic carbocycles. The van der Waals surface area contributed by atoms with E-state index in [9.17, 15) is 14.9 Å². The summed E-state index contributed by atoms with van der Waals surface area (Å²) in [7, 11) is 0. The van der Waals surface area contributed by atoms with Crippen molar-refractivity contribution in [3.8, 4) is 0 Å². The molecule has 1 aliphatic rings. The first kappa shape index (κ1) is 17.1. The van der Waals surface area contributed by atoms with Crippen LogP contribution in [-0.4, -0.2) is 16.9 Å². The Morgan fingerprint density at radius 3 is 2.36 bits per heavy atom. The zero-order chi connectivity index (χ0) is 17.9. The fraction of sp³-hybridized carbons (Fsp3) is 0.350. The van der Waals surface area contributed by atoms with E-state index in [2.05, 4.69) is 17.4 Å². The van der Waals surface area contributed by atoms with Gasteiger partial charge in [-0.15, -0.1) is 0 Å². The van der Waals surface area contributed by atoms with E-state index in [0.717, 1.165) is 31.2 Å². The number of hydrogen-bond donors (Lipinski definition) is 1. The van der Waals surface area contributed by atoms with Gasteiger partial charge in [-0.05, 0) is 43.7 Å². The van der Waals surface area contributed by atoms with E-state index in [1.165, 1.54) is 17.7 Å². The van der Waals surface area contributed by atoms with Crippen molar-refractivity contribution in [2.45, 2.75) is 44.1 Å². The summed E-state index contributed by atoms with van der Waals surface area (Å²) in [4.78, 5) is 23.1. The Morgan fingerprint density at radius 1 is 1.16 bits per heavy atom. The van der Waals surface area contributed by atoms with E-state index in [4.69, 9.17) is 0 Å². The number of benzene rings is 2. The van der Waals surface area contributed by atoms with Gasteiger partial charge in [0.1, 0.15) is 0 Å². The molecule has 1 N–H and O–H groups in total. The smallest absolute Gasteiger partial charge is 0.269 e. The normalized spacial score (nSPS) is 16.0. The van der Waals surface area contributed by atoms with Crippen molar-refractivity contribution in [2.24, 2.45) is 0 Å². The first-order chi connectivity index (χ1) is 12.0. The molecule has 5 nitrogen and oxygen atoms in total. The molecule has 25 heavy (non-hydrogen) atoms. The minimum absolute atomic E-state index is 0.0296. The van der Waals surface area contributed by atoms with E-state index < -0.39 is 10.3 Å². The molecular weight excluding hydrogens is 316 g/mol. The summed E-state index contributed by atoms with van der Waals surface area (Å²) >= 11 is 0. The van der Waals surface area contributed by atoms with Crippen LogP contribution in [0.3, 0.4) is 0 Å². The monoisotopic (exact) mass is 338 g/mol. The predicted molar refractivity (Wildman–Crippen MR) is 96.4 cm³/mol. The van der Waals surface area contributed by atoms with Crippen LogP contribution >= 0.6 is 0 Å². The highest BCUT2D eigenvalue weighted by Gasteiger charge is 2.51.